The van der Waals surface area contributed by atoms with Crippen LogP contribution in [0, 0.1) is 5.41 Å². The molecular formula is C20H23F2N5. The highest BCUT2D eigenvalue weighted by Gasteiger charge is 2.32. The van der Waals surface area contributed by atoms with E-state index in [4.69, 9.17) is 4.98 Å². The average Bonchev–Trinajstić information content (AvgIpc) is 3.07. The smallest absolute Gasteiger partial charge is 0.265 e. The molecule has 0 radical (unpaired) electrons. The number of halogens is 2. The number of nitrogens with zero attached hydrogens (tertiary/aromatic N) is 3. The summed E-state index contributed by atoms with van der Waals surface area (Å²) in [6, 6.07) is 8.99. The van der Waals surface area contributed by atoms with E-state index >= 15 is 0 Å². The first-order chi connectivity index (χ1) is 12.9. The van der Waals surface area contributed by atoms with Gasteiger partial charge in [-0.25, -0.2) is 18.7 Å². The molecule has 0 aliphatic carbocycles. The fourth-order valence-electron chi connectivity index (χ4n) is 3.51. The predicted octanol–water partition coefficient (Wildman–Crippen LogP) is 4.13. The molecule has 7 heteroatoms. The number of fused-ring (bicyclic) bond motifs is 1. The maximum Gasteiger partial charge on any atom is 0.265 e. The molecule has 4 rings (SSSR count). The van der Waals surface area contributed by atoms with E-state index < -0.39 is 6.43 Å². The number of hydrogen-bond acceptors (Lipinski definition) is 4. The number of aromatic nitrogens is 3. The second kappa shape index (κ2) is 6.88. The Morgan fingerprint density at radius 1 is 1.26 bits per heavy atom. The predicted molar refractivity (Wildman–Crippen MR) is 102 cm³/mol. The highest BCUT2D eigenvalue weighted by atomic mass is 19.3. The summed E-state index contributed by atoms with van der Waals surface area (Å²) in [7, 11) is 0. The Kier molecular flexibility index (Phi) is 4.55. The van der Waals surface area contributed by atoms with Crippen LogP contribution in [0.5, 0.6) is 0 Å². The average molecular weight is 371 g/mol. The number of alkyl halides is 2. The number of anilines is 1. The van der Waals surface area contributed by atoms with Crippen LogP contribution in [-0.4, -0.2) is 33.5 Å². The van der Waals surface area contributed by atoms with Gasteiger partial charge in [-0.15, -0.1) is 0 Å². The summed E-state index contributed by atoms with van der Waals surface area (Å²) in [5, 5.41) is 6.95. The normalized spacial score (nSPS) is 19.5. The Balaban J connectivity index is 1.66. The van der Waals surface area contributed by atoms with Gasteiger partial charge in [0.05, 0.1) is 17.6 Å². The molecule has 1 atom stereocenters. The second-order valence-corrected chi connectivity index (χ2v) is 7.68. The summed E-state index contributed by atoms with van der Waals surface area (Å²) < 4.78 is 27.8. The fraction of sp³-hybridized carbons (Fsp3) is 0.400. The van der Waals surface area contributed by atoms with Crippen LogP contribution in [0.4, 0.5) is 14.6 Å². The first-order valence-electron chi connectivity index (χ1n) is 9.14. The highest BCUT2D eigenvalue weighted by molar-refractivity contribution is 5.62. The van der Waals surface area contributed by atoms with Gasteiger partial charge in [0, 0.05) is 24.3 Å². The summed E-state index contributed by atoms with van der Waals surface area (Å²) in [5.74, 6) is 0.772. The SMILES string of the molecule is CC1(C)CCNCC1Nc1cccc(-c2cnc3ccc(C(F)F)cn23)n1. The third-order valence-electron chi connectivity index (χ3n) is 5.35. The van der Waals surface area contributed by atoms with Gasteiger partial charge in [-0.05, 0) is 42.6 Å². The van der Waals surface area contributed by atoms with Crippen molar-refractivity contribution in [2.45, 2.75) is 32.7 Å². The van der Waals surface area contributed by atoms with E-state index in [0.717, 1.165) is 25.3 Å². The number of nitrogens with one attached hydrogen (secondary N) is 2. The van der Waals surface area contributed by atoms with Crippen LogP contribution in [0.3, 0.4) is 0 Å². The van der Waals surface area contributed by atoms with Gasteiger partial charge in [-0.3, -0.25) is 4.40 Å². The molecule has 142 valence electrons. The quantitative estimate of drug-likeness (QED) is 0.724. The van der Waals surface area contributed by atoms with Gasteiger partial charge in [0.1, 0.15) is 11.5 Å². The van der Waals surface area contributed by atoms with Crippen LogP contribution in [-0.2, 0) is 0 Å². The minimum Gasteiger partial charge on any atom is -0.366 e. The number of hydrogen-bond donors (Lipinski definition) is 2. The molecule has 4 heterocycles. The molecule has 0 saturated carbocycles. The molecule has 0 spiro atoms. The summed E-state index contributed by atoms with van der Waals surface area (Å²) in [5.41, 5.74) is 2.13. The summed E-state index contributed by atoms with van der Waals surface area (Å²) >= 11 is 0. The standard InChI is InChI=1S/C20H23F2N5/c1-20(2)8-9-23-11-16(20)26-17-5-3-4-14(25-17)15-10-24-18-7-6-13(19(21)22)12-27(15)18/h3-7,10,12,16,19,23H,8-9,11H2,1-2H3,(H,25,26). The van der Waals surface area contributed by atoms with Crippen molar-refractivity contribution in [2.24, 2.45) is 5.41 Å². The number of rotatable bonds is 4. The van der Waals surface area contributed by atoms with Crippen molar-refractivity contribution < 1.29 is 8.78 Å². The maximum absolute atomic E-state index is 13.1. The van der Waals surface area contributed by atoms with Gasteiger partial charge in [-0.2, -0.15) is 0 Å². The van der Waals surface area contributed by atoms with E-state index in [2.05, 4.69) is 29.5 Å². The Labute approximate surface area is 156 Å². The third-order valence-corrected chi connectivity index (χ3v) is 5.35. The topological polar surface area (TPSA) is 54.2 Å². The summed E-state index contributed by atoms with van der Waals surface area (Å²) in [6.45, 7) is 6.41. The van der Waals surface area contributed by atoms with Crippen molar-refractivity contribution in [1.82, 2.24) is 19.7 Å². The third kappa shape index (κ3) is 3.51. The Morgan fingerprint density at radius 3 is 2.89 bits per heavy atom. The van der Waals surface area contributed by atoms with Crippen molar-refractivity contribution in [1.29, 1.82) is 0 Å². The lowest BCUT2D eigenvalue weighted by Crippen LogP contribution is -2.50. The lowest BCUT2D eigenvalue weighted by Gasteiger charge is -2.39. The van der Waals surface area contributed by atoms with Crippen molar-refractivity contribution in [3.8, 4) is 11.4 Å². The van der Waals surface area contributed by atoms with Crippen molar-refractivity contribution >= 4 is 11.5 Å². The van der Waals surface area contributed by atoms with Gasteiger partial charge in [-0.1, -0.05) is 19.9 Å². The Hall–Kier alpha value is -2.54. The van der Waals surface area contributed by atoms with E-state index in [1.807, 2.05) is 18.2 Å². The van der Waals surface area contributed by atoms with Crippen LogP contribution in [0.2, 0.25) is 0 Å². The van der Waals surface area contributed by atoms with E-state index in [1.165, 1.54) is 12.3 Å². The second-order valence-electron chi connectivity index (χ2n) is 7.68. The molecule has 1 aliphatic heterocycles. The molecule has 0 bridgehead atoms. The van der Waals surface area contributed by atoms with Crippen LogP contribution in [0.25, 0.3) is 17.0 Å². The Morgan fingerprint density at radius 2 is 2.11 bits per heavy atom. The molecule has 3 aromatic heterocycles. The molecule has 5 nitrogen and oxygen atoms in total. The fourth-order valence-corrected chi connectivity index (χ4v) is 3.51. The Bertz CT molecular complexity index is 950. The molecule has 1 unspecified atom stereocenters. The van der Waals surface area contributed by atoms with Crippen molar-refractivity contribution in [3.05, 3.63) is 48.3 Å². The number of imidazole rings is 1. The monoisotopic (exact) mass is 371 g/mol. The lowest BCUT2D eigenvalue weighted by atomic mass is 9.79. The lowest BCUT2D eigenvalue weighted by molar-refractivity contribution is 0.151. The summed E-state index contributed by atoms with van der Waals surface area (Å²) in [4.78, 5) is 9.02. The maximum atomic E-state index is 13.1. The van der Waals surface area contributed by atoms with Gasteiger partial charge in [0.25, 0.3) is 6.43 Å². The number of piperidine rings is 1. The first kappa shape index (κ1) is 17.9. The molecular weight excluding hydrogens is 348 g/mol. The minimum absolute atomic E-state index is 0.0361. The van der Waals surface area contributed by atoms with Gasteiger partial charge < -0.3 is 10.6 Å². The molecule has 27 heavy (non-hydrogen) atoms. The van der Waals surface area contributed by atoms with E-state index in [-0.39, 0.29) is 17.0 Å². The molecule has 2 N–H and O–H groups in total. The first-order valence-corrected chi connectivity index (χ1v) is 9.14. The van der Waals surface area contributed by atoms with E-state index in [0.29, 0.717) is 17.0 Å². The summed E-state index contributed by atoms with van der Waals surface area (Å²) in [6.07, 6.45) is 1.67. The van der Waals surface area contributed by atoms with Crippen LogP contribution in [0.1, 0.15) is 32.3 Å². The largest absolute Gasteiger partial charge is 0.366 e. The van der Waals surface area contributed by atoms with E-state index in [1.54, 1.807) is 16.7 Å². The van der Waals surface area contributed by atoms with Crippen LogP contribution >= 0.6 is 0 Å². The van der Waals surface area contributed by atoms with Gasteiger partial charge >= 0.3 is 0 Å². The number of pyridine rings is 2. The van der Waals surface area contributed by atoms with Gasteiger partial charge in [0.15, 0.2) is 0 Å². The highest BCUT2D eigenvalue weighted by Crippen LogP contribution is 2.30. The molecule has 1 aliphatic rings. The molecule has 0 amide bonds. The molecule has 1 fully saturated rings. The van der Waals surface area contributed by atoms with Crippen LogP contribution in [0.15, 0.2) is 42.7 Å². The van der Waals surface area contributed by atoms with Gasteiger partial charge in [0.2, 0.25) is 0 Å². The zero-order chi connectivity index (χ0) is 19.0. The molecule has 3 aromatic rings. The van der Waals surface area contributed by atoms with Crippen LogP contribution < -0.4 is 10.6 Å². The zero-order valence-corrected chi connectivity index (χ0v) is 15.4. The van der Waals surface area contributed by atoms with Crippen molar-refractivity contribution in [3.63, 3.8) is 0 Å². The van der Waals surface area contributed by atoms with E-state index in [9.17, 15) is 8.78 Å². The molecule has 0 aromatic carbocycles. The minimum atomic E-state index is -2.52. The van der Waals surface area contributed by atoms with Crippen molar-refractivity contribution in [2.75, 3.05) is 18.4 Å². The zero-order valence-electron chi connectivity index (χ0n) is 15.4. The molecule has 1 saturated heterocycles.